The van der Waals surface area contributed by atoms with Gasteiger partial charge in [0.05, 0.1) is 27.8 Å². The number of hydrogen-bond donors (Lipinski definition) is 1. The molecule has 2 heterocycles. The van der Waals surface area contributed by atoms with E-state index in [1.165, 1.54) is 13.8 Å². The highest BCUT2D eigenvalue weighted by molar-refractivity contribution is 5.76. The van der Waals surface area contributed by atoms with Gasteiger partial charge in [-0.15, -0.1) is 0 Å². The van der Waals surface area contributed by atoms with Crippen LogP contribution in [0.5, 0.6) is 11.5 Å². The van der Waals surface area contributed by atoms with Gasteiger partial charge in [0.25, 0.3) is 0 Å². The smallest absolute Gasteiger partial charge is 0.323 e. The lowest BCUT2D eigenvalue weighted by molar-refractivity contribution is -0.160. The molecule has 0 radical (unpaired) electrons. The van der Waals surface area contributed by atoms with E-state index in [0.29, 0.717) is 0 Å². The maximum atomic E-state index is 13.8. The molecule has 0 aromatic heterocycles. The minimum Gasteiger partial charge on any atom is -0.493 e. The Balaban J connectivity index is 2.66. The average molecular weight is 445 g/mol. The molecule has 4 atom stereocenters. The molecule has 30 heavy (non-hydrogen) atoms. The van der Waals surface area contributed by atoms with Gasteiger partial charge in [0.2, 0.25) is 0 Å². The van der Waals surface area contributed by atoms with E-state index < -0.39 is 141 Å². The summed E-state index contributed by atoms with van der Waals surface area (Å²) < 4.78 is 232. The molecular formula is C24H38N2O4. The predicted octanol–water partition coefficient (Wildman–Crippen LogP) is 3.56. The highest BCUT2D eigenvalue weighted by Gasteiger charge is 2.41. The Labute approximate surface area is 217 Å². The van der Waals surface area contributed by atoms with Gasteiger partial charge in [-0.3, -0.25) is 9.69 Å². The number of benzene rings is 1. The standard InChI is InChI=1S/C24H38N2O4/c1-14(2)9-17-13-26-8-7-16-10-21(28-5)22(29-6)11-18(16)19(26)12-20(17)30-24(27)23(25)15(3)4/h10-11,14-15,17,19-20,23H,7-9,12-13,25H2,1-6H3/t17?,19?,20?,23-/m0/s1/i3D3,4D3,5D3,6D3,7D2,8D2,10D,11D,12D2,13D2,15D,17D,19D,23D. The van der Waals surface area contributed by atoms with Crippen molar-refractivity contribution in [2.45, 2.75) is 64.9 Å². The molecule has 6 heteroatoms. The number of esters is 1. The topological polar surface area (TPSA) is 74.0 Å². The number of methoxy groups -OCH3 is 2. The molecule has 0 saturated carbocycles. The fourth-order valence-electron chi connectivity index (χ4n) is 2.76. The molecule has 0 amide bonds. The van der Waals surface area contributed by atoms with E-state index in [9.17, 15) is 13.0 Å². The summed E-state index contributed by atoms with van der Waals surface area (Å²) in [5.74, 6) is -14.4. The van der Waals surface area contributed by atoms with E-state index in [2.05, 4.69) is 0 Å². The molecule has 6 nitrogen and oxygen atoms in total. The highest BCUT2D eigenvalue weighted by atomic mass is 16.5. The van der Waals surface area contributed by atoms with Gasteiger partial charge in [-0.1, -0.05) is 27.6 Å². The number of ether oxygens (including phenoxy) is 3. The number of hydrogen-bond acceptors (Lipinski definition) is 6. The molecule has 1 saturated heterocycles. The van der Waals surface area contributed by atoms with Crippen LogP contribution in [-0.2, 0) is 15.9 Å². The van der Waals surface area contributed by atoms with E-state index >= 15 is 0 Å². The Morgan fingerprint density at radius 3 is 2.80 bits per heavy atom. The van der Waals surface area contributed by atoms with E-state index in [4.69, 9.17) is 47.4 Å². The summed E-state index contributed by atoms with van der Waals surface area (Å²) in [6.07, 6.45) is -12.4. The Morgan fingerprint density at radius 2 is 2.13 bits per heavy atom. The fraction of sp³-hybridized carbons (Fsp3) is 0.708. The Morgan fingerprint density at radius 1 is 1.40 bits per heavy atom. The fourth-order valence-corrected chi connectivity index (χ4v) is 2.76. The molecule has 168 valence electrons. The molecule has 0 spiro atoms. The van der Waals surface area contributed by atoms with Crippen LogP contribution < -0.4 is 15.2 Å². The minimum absolute atomic E-state index is 0.480. The first-order valence-electron chi connectivity index (χ1n) is 21.7. The van der Waals surface area contributed by atoms with Crippen LogP contribution in [-0.4, -0.2) is 50.1 Å². The summed E-state index contributed by atoms with van der Waals surface area (Å²) in [4.78, 5) is 13.4. The van der Waals surface area contributed by atoms with E-state index in [0.717, 1.165) is 0 Å². The minimum atomic E-state index is -4.29. The summed E-state index contributed by atoms with van der Waals surface area (Å²) in [6.45, 7) is -13.8. The SMILES string of the molecule is [2H]c1c(OC([2H])([2H])[2H])c(OC([2H])([2H])[2H])c([2H])c2c1C([2H])([2H])C([2H])([2H])N1C([2H])([2H])C([2H])(CC(C)C)C(OC(=O)[C@@]([2H])(N)C([2H])(C([2H])([2H])[2H])C([2H])([2H])[2H])C([2H])([2H])C21[2H]. The van der Waals surface area contributed by atoms with Crippen molar-refractivity contribution >= 4 is 5.97 Å². The summed E-state index contributed by atoms with van der Waals surface area (Å²) in [6, 6.07) is -11.7. The van der Waals surface area contributed by atoms with Gasteiger partial charge in [0.1, 0.15) is 12.1 Å². The lowest BCUT2D eigenvalue weighted by Crippen LogP contribution is -2.51. The third-order valence-corrected chi connectivity index (χ3v) is 4.07. The lowest BCUT2D eigenvalue weighted by atomic mass is 9.79. The number of carbonyl (C=O) groups is 1. The van der Waals surface area contributed by atoms with Crippen molar-refractivity contribution in [3.63, 3.8) is 0 Å². The lowest BCUT2D eigenvalue weighted by Gasteiger charge is -2.47. The van der Waals surface area contributed by atoms with Crippen LogP contribution in [0.4, 0.5) is 0 Å². The quantitative estimate of drug-likeness (QED) is 0.648. The number of nitrogens with zero attached hydrogens (tertiary/aromatic N) is 1. The van der Waals surface area contributed by atoms with Crippen molar-refractivity contribution in [3.05, 3.63) is 23.2 Å². The van der Waals surface area contributed by atoms with Gasteiger partial charge in [0.15, 0.2) is 11.5 Å². The number of carbonyl (C=O) groups excluding carboxylic acids is 1. The van der Waals surface area contributed by atoms with Crippen LogP contribution in [0.15, 0.2) is 12.1 Å². The number of nitrogens with two attached hydrogens (primary N) is 1. The molecule has 3 rings (SSSR count). The molecule has 1 aromatic carbocycles. The summed E-state index contributed by atoms with van der Waals surface area (Å²) >= 11 is 0. The van der Waals surface area contributed by atoms with E-state index in [1.807, 2.05) is 0 Å². The number of rotatable bonds is 7. The number of fused-ring (bicyclic) bond motifs is 3. The zero-order chi connectivity index (χ0) is 44.6. The Bertz CT molecular complexity index is 1720. The first-order chi connectivity index (χ1) is 24.3. The van der Waals surface area contributed by atoms with Crippen molar-refractivity contribution in [1.29, 1.82) is 0 Å². The largest absolute Gasteiger partial charge is 0.493 e. The molecule has 0 bridgehead atoms. The second-order valence-electron chi connectivity index (χ2n) is 6.74. The van der Waals surface area contributed by atoms with E-state index in [1.54, 1.807) is 0 Å². The van der Waals surface area contributed by atoms with Gasteiger partial charge >= 0.3 is 5.97 Å². The molecule has 3 unspecified atom stereocenters. The van der Waals surface area contributed by atoms with Crippen molar-refractivity contribution < 1.29 is 54.6 Å². The summed E-state index contributed by atoms with van der Waals surface area (Å²) in [5, 5.41) is 0. The van der Waals surface area contributed by atoms with E-state index in [-0.39, 0.29) is 0 Å². The Hall–Kier alpha value is -1.79. The molecule has 0 aliphatic carbocycles. The van der Waals surface area contributed by atoms with Gasteiger partial charge < -0.3 is 19.9 Å². The van der Waals surface area contributed by atoms with Crippen LogP contribution in [0.3, 0.4) is 0 Å². The van der Waals surface area contributed by atoms with Crippen molar-refractivity contribution in [1.82, 2.24) is 4.90 Å². The third kappa shape index (κ3) is 4.75. The zero-order valence-electron chi connectivity index (χ0n) is 42.0. The van der Waals surface area contributed by atoms with Crippen molar-refractivity contribution in [2.75, 3.05) is 27.1 Å². The van der Waals surface area contributed by atoms with Gasteiger partial charge in [-0.25, -0.2) is 0 Å². The highest BCUT2D eigenvalue weighted by Crippen LogP contribution is 2.44. The maximum absolute atomic E-state index is 13.8. The van der Waals surface area contributed by atoms with Gasteiger partial charge in [0, 0.05) is 53.2 Å². The predicted molar refractivity (Wildman–Crippen MR) is 118 cm³/mol. The van der Waals surface area contributed by atoms with Crippen LogP contribution in [0.2, 0.25) is 0 Å². The van der Waals surface area contributed by atoms with Gasteiger partial charge in [-0.2, -0.15) is 0 Å². The molecule has 1 fully saturated rings. The third-order valence-electron chi connectivity index (χ3n) is 4.07. The maximum Gasteiger partial charge on any atom is 0.323 e. The van der Waals surface area contributed by atoms with Crippen LogP contribution in [0.25, 0.3) is 0 Å². The van der Waals surface area contributed by atoms with Crippen LogP contribution in [0, 0.1) is 17.7 Å². The van der Waals surface area contributed by atoms with Crippen molar-refractivity contribution in [2.24, 2.45) is 23.4 Å². The molecule has 2 aliphatic rings. The average Bonchev–Trinajstić information content (AvgIpc) is 2.93. The molecule has 1 aromatic rings. The summed E-state index contributed by atoms with van der Waals surface area (Å²) in [5.41, 5.74) is 2.44. The first kappa shape index (κ1) is 6.61. The Kier molecular flexibility index (Phi) is 2.11. The van der Waals surface area contributed by atoms with Crippen molar-refractivity contribution in [3.8, 4) is 11.5 Å². The zero-order valence-corrected chi connectivity index (χ0v) is 16.0. The monoisotopic (exact) mass is 444 g/mol. The number of piperidine rings is 1. The second-order valence-corrected chi connectivity index (χ2v) is 6.74. The van der Waals surface area contributed by atoms with Gasteiger partial charge in [-0.05, 0) is 47.8 Å². The molecular weight excluding hydrogens is 380 g/mol. The van der Waals surface area contributed by atoms with Crippen LogP contribution in [0.1, 0.15) is 93.1 Å². The first-order valence-corrected chi connectivity index (χ1v) is 8.66. The molecule has 2 N–H and O–H groups in total. The second kappa shape index (κ2) is 9.56. The molecule has 2 aliphatic heterocycles. The normalized spacial score (nSPS) is 52.3. The summed E-state index contributed by atoms with van der Waals surface area (Å²) in [7, 11) is -7.28. The van der Waals surface area contributed by atoms with Crippen LogP contribution >= 0.6 is 0 Å².